The van der Waals surface area contributed by atoms with Crippen molar-refractivity contribution in [3.05, 3.63) is 0 Å². The quantitative estimate of drug-likeness (QED) is 0.251. The van der Waals surface area contributed by atoms with Crippen LogP contribution >= 0.6 is 27.3 Å². The predicted octanol–water partition coefficient (Wildman–Crippen LogP) is -1.22. The van der Waals surface area contributed by atoms with Crippen LogP contribution in [0.2, 0.25) is 0 Å². The summed E-state index contributed by atoms with van der Waals surface area (Å²) in [7, 11) is -6.67. The van der Waals surface area contributed by atoms with Gasteiger partial charge in [0.1, 0.15) is 0 Å². The number of hydrogen-bond acceptors (Lipinski definition) is 3. The lowest BCUT2D eigenvalue weighted by Crippen LogP contribution is -2.23. The van der Waals surface area contributed by atoms with Gasteiger partial charge in [-0.1, -0.05) is 0 Å². The third kappa shape index (κ3) is 10.6. The zero-order valence-corrected chi connectivity index (χ0v) is 8.03. The van der Waals surface area contributed by atoms with Crippen molar-refractivity contribution >= 4 is 27.3 Å². The van der Waals surface area contributed by atoms with Crippen LogP contribution < -0.4 is 31.0 Å². The molecule has 0 aliphatic carbocycles. The van der Waals surface area contributed by atoms with Gasteiger partial charge in [0.15, 0.2) is 0 Å². The highest BCUT2D eigenvalue weighted by molar-refractivity contribution is 8.04. The smallest absolute Gasteiger partial charge is 0.271 e. The van der Waals surface area contributed by atoms with Crippen molar-refractivity contribution in [3.63, 3.8) is 0 Å². The van der Waals surface area contributed by atoms with Gasteiger partial charge in [-0.3, -0.25) is 31.1 Å². The van der Waals surface area contributed by atoms with Crippen LogP contribution in [0.3, 0.4) is 0 Å². The van der Waals surface area contributed by atoms with Crippen molar-refractivity contribution < 1.29 is 9.13 Å². The third-order valence-electron chi connectivity index (χ3n) is 0.377. The highest BCUT2D eigenvalue weighted by Crippen LogP contribution is 2.27. The summed E-state index contributed by atoms with van der Waals surface area (Å²) in [4.78, 5) is 0. The van der Waals surface area contributed by atoms with Gasteiger partial charge < -0.3 is 0 Å². The molecule has 0 heterocycles. The molecule has 0 radical (unpaired) electrons. The van der Waals surface area contributed by atoms with E-state index in [1.54, 1.807) is 0 Å². The number of nitrogens with one attached hydrogen (secondary N) is 2. The molecule has 0 aromatic heterocycles. The van der Waals surface area contributed by atoms with Crippen LogP contribution in [-0.4, -0.2) is 0 Å². The first-order chi connectivity index (χ1) is 4.71. The molecular weight excluding hydrogens is 210 g/mol. The minimum atomic E-state index is -3.33. The Morgan fingerprint density at radius 1 is 0.909 bits per heavy atom. The van der Waals surface area contributed by atoms with Crippen LogP contribution in [-0.2, 0) is 9.13 Å². The molecule has 0 fully saturated rings. The second-order valence-corrected chi connectivity index (χ2v) is 6.21. The van der Waals surface area contributed by atoms with Crippen molar-refractivity contribution in [2.24, 2.45) is 22.0 Å². The molecule has 0 atom stereocenters. The first-order valence-corrected chi connectivity index (χ1v) is 6.76. The maximum atomic E-state index is 10.5. The average molecular weight is 220 g/mol. The highest BCUT2D eigenvalue weighted by atomic mass is 32.2. The lowest BCUT2D eigenvalue weighted by molar-refractivity contribution is 0.575. The lowest BCUT2D eigenvalue weighted by atomic mass is 13.8. The van der Waals surface area contributed by atoms with Crippen molar-refractivity contribution in [1.29, 1.82) is 0 Å². The molecule has 0 rings (SSSR count). The maximum Gasteiger partial charge on any atom is 0.284 e. The van der Waals surface area contributed by atoms with Crippen LogP contribution in [0.1, 0.15) is 0 Å². The molecule has 0 aliphatic rings. The molecule has 10 N–H and O–H groups in total. The SMILES string of the molecule is NP(N)(=O)NSNP(N)(N)=O. The summed E-state index contributed by atoms with van der Waals surface area (Å²) in [6, 6.07) is 0. The van der Waals surface area contributed by atoms with Gasteiger partial charge in [-0.2, -0.15) is 8.99 Å². The van der Waals surface area contributed by atoms with E-state index in [-0.39, 0.29) is 0 Å². The Morgan fingerprint density at radius 2 is 1.18 bits per heavy atom. The molecule has 11 heteroatoms. The predicted molar refractivity (Wildman–Crippen MR) is 45.8 cm³/mol. The second kappa shape index (κ2) is 3.99. The Morgan fingerprint density at radius 3 is 1.36 bits per heavy atom. The van der Waals surface area contributed by atoms with E-state index in [4.69, 9.17) is 22.0 Å². The summed E-state index contributed by atoms with van der Waals surface area (Å²) in [5.41, 5.74) is 19.4. The van der Waals surface area contributed by atoms with Crippen LogP contribution in [0.25, 0.3) is 0 Å². The number of rotatable bonds is 4. The summed E-state index contributed by atoms with van der Waals surface area (Å²) >= 11 is 0.541. The van der Waals surface area contributed by atoms with Crippen LogP contribution in [0.4, 0.5) is 0 Å². The van der Waals surface area contributed by atoms with E-state index in [1.165, 1.54) is 0 Å². The summed E-state index contributed by atoms with van der Waals surface area (Å²) in [6.45, 7) is 0. The van der Waals surface area contributed by atoms with Gasteiger partial charge in [0, 0.05) is 12.1 Å². The van der Waals surface area contributed by atoms with Crippen molar-refractivity contribution in [2.45, 2.75) is 0 Å². The summed E-state index contributed by atoms with van der Waals surface area (Å²) in [6.07, 6.45) is 0. The van der Waals surface area contributed by atoms with Gasteiger partial charge in [0.05, 0.1) is 0 Å². The monoisotopic (exact) mass is 220 g/mol. The largest absolute Gasteiger partial charge is 0.284 e. The molecule has 0 saturated carbocycles. The second-order valence-electron chi connectivity index (χ2n) is 1.70. The van der Waals surface area contributed by atoms with Crippen molar-refractivity contribution in [2.75, 3.05) is 0 Å². The Kier molecular flexibility index (Phi) is 4.20. The Bertz CT molecular complexity index is 181. The zero-order valence-electron chi connectivity index (χ0n) is 5.43. The summed E-state index contributed by atoms with van der Waals surface area (Å²) < 4.78 is 25.2. The van der Waals surface area contributed by atoms with Gasteiger partial charge in [0.2, 0.25) is 0 Å². The van der Waals surface area contributed by atoms with E-state index in [0.717, 1.165) is 0 Å². The normalized spacial score (nSPS) is 13.5. The van der Waals surface area contributed by atoms with E-state index in [2.05, 4.69) is 8.99 Å². The third-order valence-corrected chi connectivity index (χ3v) is 3.39. The van der Waals surface area contributed by atoms with E-state index in [9.17, 15) is 9.13 Å². The lowest BCUT2D eigenvalue weighted by Gasteiger charge is -2.10. The fraction of sp³-hybridized carbons (Fsp3) is 0. The van der Waals surface area contributed by atoms with Gasteiger partial charge in [-0.25, -0.2) is 0 Å². The number of nitrogens with two attached hydrogens (primary N) is 4. The molecule has 11 heavy (non-hydrogen) atoms. The van der Waals surface area contributed by atoms with E-state index < -0.39 is 15.2 Å². The van der Waals surface area contributed by atoms with Crippen LogP contribution in [0.5, 0.6) is 0 Å². The molecule has 0 bridgehead atoms. The summed E-state index contributed by atoms with van der Waals surface area (Å²) in [5, 5.41) is 0. The fourth-order valence-corrected chi connectivity index (χ4v) is 1.84. The summed E-state index contributed by atoms with van der Waals surface area (Å²) in [5.74, 6) is 0. The van der Waals surface area contributed by atoms with E-state index >= 15 is 0 Å². The van der Waals surface area contributed by atoms with Gasteiger partial charge in [-0.15, -0.1) is 0 Å². The average Bonchev–Trinajstić information content (AvgIpc) is 1.55. The van der Waals surface area contributed by atoms with Crippen molar-refractivity contribution in [3.8, 4) is 0 Å². The van der Waals surface area contributed by atoms with Crippen LogP contribution in [0.15, 0.2) is 0 Å². The minimum Gasteiger partial charge on any atom is -0.271 e. The minimum absolute atomic E-state index is 0.541. The van der Waals surface area contributed by atoms with E-state index in [0.29, 0.717) is 12.1 Å². The molecule has 0 spiro atoms. The molecule has 0 aromatic rings. The molecule has 8 nitrogen and oxygen atoms in total. The fourth-order valence-electron chi connectivity index (χ4n) is 0.163. The van der Waals surface area contributed by atoms with Crippen LogP contribution in [0, 0.1) is 0 Å². The molecule has 0 aromatic carbocycles. The molecule has 0 aliphatic heterocycles. The standard InChI is InChI=1S/H10N6O2P2S/c1-9(2,7)5-11-6-10(3,4)8/h(H5,1,2,5,7)(H5,3,4,6,8). The highest BCUT2D eigenvalue weighted by Gasteiger charge is 2.11. The molecular formula is H10N6O2P2S. The van der Waals surface area contributed by atoms with Crippen molar-refractivity contribution in [1.82, 2.24) is 8.99 Å². The van der Waals surface area contributed by atoms with Gasteiger partial charge in [-0.05, 0) is 0 Å². The molecule has 0 amide bonds. The van der Waals surface area contributed by atoms with E-state index in [1.807, 2.05) is 0 Å². The van der Waals surface area contributed by atoms with Gasteiger partial charge in [0.25, 0.3) is 15.2 Å². The first-order valence-electron chi connectivity index (χ1n) is 2.25. The molecule has 0 unspecified atom stereocenters. The Hall–Kier alpha value is 0.570. The Labute approximate surface area is 68.1 Å². The van der Waals surface area contributed by atoms with Gasteiger partial charge >= 0.3 is 0 Å². The Balaban J connectivity index is 3.61. The number of hydrogen-bond donors (Lipinski definition) is 6. The first kappa shape index (κ1) is 11.6. The zero-order chi connectivity index (χ0) is 9.12. The topological polar surface area (TPSA) is 162 Å². The molecule has 0 saturated heterocycles. The maximum absolute atomic E-state index is 10.5. The molecule has 68 valence electrons.